The van der Waals surface area contributed by atoms with Gasteiger partial charge in [-0.1, -0.05) is 45.0 Å². The fourth-order valence-corrected chi connectivity index (χ4v) is 4.79. The van der Waals surface area contributed by atoms with Crippen LogP contribution in [0.1, 0.15) is 49.1 Å². The van der Waals surface area contributed by atoms with Gasteiger partial charge in [0.25, 0.3) is 5.78 Å². The van der Waals surface area contributed by atoms with Crippen molar-refractivity contribution < 1.29 is 23.8 Å². The molecule has 0 spiro atoms. The number of H-pyrrole nitrogens is 1. The summed E-state index contributed by atoms with van der Waals surface area (Å²) >= 11 is 0. The van der Waals surface area contributed by atoms with Crippen LogP contribution in [0.4, 0.5) is 10.3 Å². The minimum absolute atomic E-state index is 0.0570. The zero-order valence-corrected chi connectivity index (χ0v) is 21.8. The predicted molar refractivity (Wildman–Crippen MR) is 144 cm³/mol. The van der Waals surface area contributed by atoms with Gasteiger partial charge < -0.3 is 14.8 Å². The number of methoxy groups -OCH3 is 1. The Kier molecular flexibility index (Phi) is 6.06. The van der Waals surface area contributed by atoms with Crippen molar-refractivity contribution in [2.24, 2.45) is 0 Å². The van der Waals surface area contributed by atoms with Gasteiger partial charge in [-0.05, 0) is 65.4 Å². The molecule has 38 heavy (non-hydrogen) atoms. The molecule has 4 aromatic rings. The molecule has 0 saturated carbocycles. The summed E-state index contributed by atoms with van der Waals surface area (Å²) in [6.45, 7) is 8.06. The first-order chi connectivity index (χ1) is 18.0. The number of hydrogen-bond donors (Lipinski definition) is 2. The first kappa shape index (κ1) is 25.2. The number of anilines is 1. The molecule has 1 saturated heterocycles. The van der Waals surface area contributed by atoms with Gasteiger partial charge in [-0.2, -0.15) is 0 Å². The number of ketones is 1. The number of amides is 1. The summed E-state index contributed by atoms with van der Waals surface area (Å²) in [6.07, 6.45) is 0. The molecule has 1 amide bonds. The molecule has 0 bridgehead atoms. The number of aliphatic hydroxyl groups is 1. The van der Waals surface area contributed by atoms with Gasteiger partial charge >= 0.3 is 5.91 Å². The summed E-state index contributed by atoms with van der Waals surface area (Å²) in [7, 11) is 1.54. The largest absolute Gasteiger partial charge is 0.507 e. The smallest absolute Gasteiger partial charge is 0.302 e. The fourth-order valence-electron chi connectivity index (χ4n) is 4.79. The number of Topliss-reactive ketones (excluding diaryl/α,β-unsaturated/α-hetero) is 1. The third-order valence-corrected chi connectivity index (χ3v) is 6.89. The Morgan fingerprint density at radius 1 is 1.05 bits per heavy atom. The Morgan fingerprint density at radius 2 is 1.76 bits per heavy atom. The number of aromatic nitrogens is 2. The van der Waals surface area contributed by atoms with Crippen LogP contribution in [-0.4, -0.2) is 33.9 Å². The molecule has 2 heterocycles. The number of carbonyl (C=O) groups is 2. The van der Waals surface area contributed by atoms with Crippen molar-refractivity contribution in [3.05, 3.63) is 94.3 Å². The van der Waals surface area contributed by atoms with Gasteiger partial charge in [0.15, 0.2) is 0 Å². The van der Waals surface area contributed by atoms with E-state index >= 15 is 0 Å². The van der Waals surface area contributed by atoms with Crippen LogP contribution >= 0.6 is 0 Å². The van der Waals surface area contributed by atoms with Crippen LogP contribution in [0.2, 0.25) is 0 Å². The molecule has 1 aliphatic rings. The van der Waals surface area contributed by atoms with E-state index in [0.29, 0.717) is 33.5 Å². The number of benzene rings is 3. The topological polar surface area (TPSA) is 95.5 Å². The van der Waals surface area contributed by atoms with Gasteiger partial charge in [-0.3, -0.25) is 14.5 Å². The van der Waals surface area contributed by atoms with Gasteiger partial charge in [-0.15, -0.1) is 0 Å². The number of aromatic amines is 1. The lowest BCUT2D eigenvalue weighted by Crippen LogP contribution is -2.30. The van der Waals surface area contributed by atoms with Crippen LogP contribution in [0.25, 0.3) is 16.8 Å². The number of carbonyl (C=O) groups excluding carboxylic acids is 2. The van der Waals surface area contributed by atoms with E-state index in [2.05, 4.69) is 30.7 Å². The van der Waals surface area contributed by atoms with E-state index in [0.717, 1.165) is 5.56 Å². The third-order valence-electron chi connectivity index (χ3n) is 6.89. The van der Waals surface area contributed by atoms with Crippen LogP contribution in [-0.2, 0) is 15.0 Å². The van der Waals surface area contributed by atoms with E-state index in [1.165, 1.54) is 23.1 Å². The average molecular weight is 514 g/mol. The van der Waals surface area contributed by atoms with E-state index in [4.69, 9.17) is 4.74 Å². The standard InChI is InChI=1S/C30H28FN3O4/c1-16-14-20(38-5)11-12-21(16)26(35)24-25(17-6-8-18(9-7-17)30(2,3)4)34(28(37)27(24)36)29-32-22-13-10-19(31)15-23(22)33-29/h6-15,25,35H,1-5H3,(H,32,33)/b26-24+. The molecule has 1 atom stereocenters. The molecule has 3 aromatic carbocycles. The van der Waals surface area contributed by atoms with Crippen LogP contribution in [0.15, 0.2) is 66.2 Å². The van der Waals surface area contributed by atoms with E-state index in [9.17, 15) is 19.1 Å². The number of aryl methyl sites for hydroxylation is 1. The molecule has 194 valence electrons. The molecular weight excluding hydrogens is 485 g/mol. The number of ether oxygens (including phenoxy) is 1. The fraction of sp³-hybridized carbons (Fsp3) is 0.233. The molecule has 1 unspecified atom stereocenters. The summed E-state index contributed by atoms with van der Waals surface area (Å²) < 4.78 is 19.1. The Bertz CT molecular complexity index is 1610. The van der Waals surface area contributed by atoms with E-state index in [1.54, 1.807) is 32.2 Å². The lowest BCUT2D eigenvalue weighted by Gasteiger charge is -2.25. The van der Waals surface area contributed by atoms with Gasteiger partial charge in [0, 0.05) is 5.56 Å². The number of imidazole rings is 1. The van der Waals surface area contributed by atoms with E-state index in [-0.39, 0.29) is 22.7 Å². The Balaban J connectivity index is 1.72. The molecule has 1 fully saturated rings. The zero-order chi connectivity index (χ0) is 27.4. The van der Waals surface area contributed by atoms with Crippen molar-refractivity contribution in [3.8, 4) is 5.75 Å². The lowest BCUT2D eigenvalue weighted by atomic mass is 9.85. The summed E-state index contributed by atoms with van der Waals surface area (Å²) in [5.41, 5.74) is 3.44. The lowest BCUT2D eigenvalue weighted by molar-refractivity contribution is -0.132. The summed E-state index contributed by atoms with van der Waals surface area (Å²) in [4.78, 5) is 35.6. The monoisotopic (exact) mass is 513 g/mol. The van der Waals surface area contributed by atoms with Crippen molar-refractivity contribution in [1.82, 2.24) is 9.97 Å². The molecule has 0 radical (unpaired) electrons. The number of rotatable bonds is 4. The van der Waals surface area contributed by atoms with Gasteiger partial charge in [0.05, 0.1) is 29.8 Å². The van der Waals surface area contributed by atoms with Crippen molar-refractivity contribution >= 4 is 34.4 Å². The summed E-state index contributed by atoms with van der Waals surface area (Å²) in [5.74, 6) is -1.75. The minimum atomic E-state index is -0.962. The maximum absolute atomic E-state index is 13.9. The maximum Gasteiger partial charge on any atom is 0.302 e. The molecular formula is C30H28FN3O4. The number of nitrogens with zero attached hydrogens (tertiary/aromatic N) is 2. The molecule has 1 aliphatic heterocycles. The summed E-state index contributed by atoms with van der Waals surface area (Å²) in [5, 5.41) is 11.5. The second-order valence-corrected chi connectivity index (χ2v) is 10.4. The maximum atomic E-state index is 13.9. The van der Waals surface area contributed by atoms with Crippen LogP contribution in [0.3, 0.4) is 0 Å². The number of halogens is 1. The highest BCUT2D eigenvalue weighted by atomic mass is 19.1. The van der Waals surface area contributed by atoms with E-state index < -0.39 is 23.5 Å². The molecule has 2 N–H and O–H groups in total. The molecule has 5 rings (SSSR count). The number of hydrogen-bond acceptors (Lipinski definition) is 5. The first-order valence-corrected chi connectivity index (χ1v) is 12.2. The number of nitrogens with one attached hydrogen (secondary N) is 1. The highest BCUT2D eigenvalue weighted by Crippen LogP contribution is 2.42. The molecule has 1 aromatic heterocycles. The Morgan fingerprint density at radius 3 is 2.39 bits per heavy atom. The average Bonchev–Trinajstić information content (AvgIpc) is 3.40. The number of aliphatic hydroxyl groups excluding tert-OH is 1. The number of fused-ring (bicyclic) bond motifs is 1. The highest BCUT2D eigenvalue weighted by Gasteiger charge is 2.48. The summed E-state index contributed by atoms with van der Waals surface area (Å²) in [6, 6.07) is 15.7. The van der Waals surface area contributed by atoms with Crippen molar-refractivity contribution in [3.63, 3.8) is 0 Å². The highest BCUT2D eigenvalue weighted by molar-refractivity contribution is 6.51. The SMILES string of the molecule is COc1ccc(/C(O)=C2\C(=O)C(=O)N(c3nc4ccc(F)cc4[nH]3)C2c2ccc(C(C)(C)C)cc2)c(C)c1. The third kappa shape index (κ3) is 4.22. The van der Waals surface area contributed by atoms with Crippen LogP contribution in [0.5, 0.6) is 5.75 Å². The molecule has 7 nitrogen and oxygen atoms in total. The normalized spacial score (nSPS) is 17.4. The van der Waals surface area contributed by atoms with Gasteiger partial charge in [0.1, 0.15) is 17.3 Å². The van der Waals surface area contributed by atoms with Crippen molar-refractivity contribution in [1.29, 1.82) is 0 Å². The van der Waals surface area contributed by atoms with Crippen LogP contribution < -0.4 is 9.64 Å². The Labute approximate surface area is 219 Å². The van der Waals surface area contributed by atoms with Gasteiger partial charge in [-0.25, -0.2) is 9.37 Å². The Hall–Kier alpha value is -4.46. The quantitative estimate of drug-likeness (QED) is 0.200. The molecule has 0 aliphatic carbocycles. The van der Waals surface area contributed by atoms with E-state index in [1.807, 2.05) is 24.3 Å². The second kappa shape index (κ2) is 9.13. The van der Waals surface area contributed by atoms with Crippen LogP contribution in [0, 0.1) is 12.7 Å². The minimum Gasteiger partial charge on any atom is -0.507 e. The molecule has 8 heteroatoms. The van der Waals surface area contributed by atoms with Crippen molar-refractivity contribution in [2.45, 2.75) is 39.2 Å². The predicted octanol–water partition coefficient (Wildman–Crippen LogP) is 5.94. The van der Waals surface area contributed by atoms with Gasteiger partial charge in [0.2, 0.25) is 5.95 Å². The first-order valence-electron chi connectivity index (χ1n) is 12.2. The zero-order valence-electron chi connectivity index (χ0n) is 21.8. The van der Waals surface area contributed by atoms with Crippen molar-refractivity contribution in [2.75, 3.05) is 12.0 Å². The second-order valence-electron chi connectivity index (χ2n) is 10.4.